The number of piperidine rings is 1. The first-order valence-electron chi connectivity index (χ1n) is 11.4. The lowest BCUT2D eigenvalue weighted by atomic mass is 9.96. The van der Waals surface area contributed by atoms with Gasteiger partial charge in [0.1, 0.15) is 4.83 Å². The van der Waals surface area contributed by atoms with Crippen molar-refractivity contribution in [3.63, 3.8) is 0 Å². The van der Waals surface area contributed by atoms with Crippen LogP contribution in [0.4, 0.5) is 5.95 Å². The summed E-state index contributed by atoms with van der Waals surface area (Å²) in [4.78, 5) is 29.0. The Balaban J connectivity index is 1.73. The summed E-state index contributed by atoms with van der Waals surface area (Å²) in [5, 5.41) is 1.80. The maximum Gasteiger partial charge on any atom is 0.269 e. The molecule has 31 heavy (non-hydrogen) atoms. The number of hydrogen-bond donors (Lipinski definition) is 0. The van der Waals surface area contributed by atoms with Gasteiger partial charge >= 0.3 is 0 Å². The lowest BCUT2D eigenvalue weighted by Gasteiger charge is -2.30. The molecule has 1 saturated heterocycles. The molecular formula is C25H26N4OS. The van der Waals surface area contributed by atoms with Crippen LogP contribution in [0.3, 0.4) is 0 Å². The maximum absolute atomic E-state index is 14.0. The Morgan fingerprint density at radius 3 is 2.48 bits per heavy atom. The lowest BCUT2D eigenvalue weighted by molar-refractivity contribution is 0.563. The predicted molar refractivity (Wildman–Crippen MR) is 128 cm³/mol. The number of anilines is 1. The van der Waals surface area contributed by atoms with Gasteiger partial charge in [-0.3, -0.25) is 4.79 Å². The highest BCUT2D eigenvalue weighted by atomic mass is 32.1. The molecule has 0 radical (unpaired) electrons. The van der Waals surface area contributed by atoms with Crippen LogP contribution in [0.25, 0.3) is 26.8 Å². The van der Waals surface area contributed by atoms with E-state index in [-0.39, 0.29) is 5.56 Å². The SMILES string of the molecule is Cc1nc2sc3c(c2c2nc(N4CCCCC4)n(-c4ccccc4)c(=O)c12)CCCC3. The monoisotopic (exact) mass is 430 g/mol. The minimum atomic E-state index is -0.000525. The van der Waals surface area contributed by atoms with Crippen LogP contribution in [0.5, 0.6) is 0 Å². The summed E-state index contributed by atoms with van der Waals surface area (Å²) in [6, 6.07) is 9.94. The number of thiophene rings is 1. The van der Waals surface area contributed by atoms with E-state index in [0.29, 0.717) is 5.39 Å². The zero-order chi connectivity index (χ0) is 20.9. The Morgan fingerprint density at radius 1 is 0.903 bits per heavy atom. The van der Waals surface area contributed by atoms with E-state index in [1.54, 1.807) is 11.3 Å². The van der Waals surface area contributed by atoms with Gasteiger partial charge in [-0.2, -0.15) is 0 Å². The Morgan fingerprint density at radius 2 is 1.68 bits per heavy atom. The average molecular weight is 431 g/mol. The molecule has 5 nitrogen and oxygen atoms in total. The number of rotatable bonds is 2. The van der Waals surface area contributed by atoms with Gasteiger partial charge in [-0.25, -0.2) is 14.5 Å². The van der Waals surface area contributed by atoms with Crippen LogP contribution in [0.1, 0.15) is 48.2 Å². The molecule has 6 heteroatoms. The third-order valence-corrected chi connectivity index (χ3v) is 7.93. The quantitative estimate of drug-likeness (QED) is 0.440. The maximum atomic E-state index is 14.0. The van der Waals surface area contributed by atoms with Gasteiger partial charge in [0.2, 0.25) is 5.95 Å². The molecule has 1 fully saturated rings. The van der Waals surface area contributed by atoms with Gasteiger partial charge in [0.25, 0.3) is 5.56 Å². The molecule has 1 aliphatic heterocycles. The molecule has 0 atom stereocenters. The highest BCUT2D eigenvalue weighted by molar-refractivity contribution is 7.19. The molecule has 0 saturated carbocycles. The first-order chi connectivity index (χ1) is 15.2. The summed E-state index contributed by atoms with van der Waals surface area (Å²) >= 11 is 1.80. The first-order valence-corrected chi connectivity index (χ1v) is 12.2. The van der Waals surface area contributed by atoms with Gasteiger partial charge in [-0.05, 0) is 69.6 Å². The minimum Gasteiger partial charge on any atom is -0.342 e. The summed E-state index contributed by atoms with van der Waals surface area (Å²) in [7, 11) is 0. The molecule has 0 bridgehead atoms. The van der Waals surface area contributed by atoms with Crippen molar-refractivity contribution in [1.82, 2.24) is 14.5 Å². The normalized spacial score (nSPS) is 16.7. The second kappa shape index (κ2) is 7.45. The number of pyridine rings is 1. The van der Waals surface area contributed by atoms with E-state index >= 15 is 0 Å². The minimum absolute atomic E-state index is 0.000525. The summed E-state index contributed by atoms with van der Waals surface area (Å²) in [6.07, 6.45) is 8.15. The molecule has 0 spiro atoms. The molecule has 4 aromatic rings. The second-order valence-corrected chi connectivity index (χ2v) is 9.83. The van der Waals surface area contributed by atoms with Crippen LogP contribution in [-0.2, 0) is 12.8 Å². The van der Waals surface area contributed by atoms with E-state index in [9.17, 15) is 4.79 Å². The fourth-order valence-corrected chi connectivity index (χ4v) is 6.53. The van der Waals surface area contributed by atoms with Crippen molar-refractivity contribution in [2.24, 2.45) is 0 Å². The molecule has 158 valence electrons. The van der Waals surface area contributed by atoms with Crippen molar-refractivity contribution in [2.45, 2.75) is 51.9 Å². The third-order valence-electron chi connectivity index (χ3n) is 6.74. The van der Waals surface area contributed by atoms with E-state index < -0.39 is 0 Å². The number of aryl methyl sites for hydroxylation is 3. The van der Waals surface area contributed by atoms with Gasteiger partial charge in [0, 0.05) is 23.4 Å². The second-order valence-electron chi connectivity index (χ2n) is 8.75. The number of benzene rings is 1. The van der Waals surface area contributed by atoms with Crippen molar-refractivity contribution in [3.05, 3.63) is 56.8 Å². The van der Waals surface area contributed by atoms with E-state index in [1.807, 2.05) is 41.8 Å². The smallest absolute Gasteiger partial charge is 0.269 e. The number of aromatic nitrogens is 3. The van der Waals surface area contributed by atoms with Crippen molar-refractivity contribution < 1.29 is 0 Å². The van der Waals surface area contributed by atoms with Gasteiger partial charge in [-0.15, -0.1) is 11.3 Å². The van der Waals surface area contributed by atoms with Gasteiger partial charge < -0.3 is 4.90 Å². The van der Waals surface area contributed by atoms with E-state index in [0.717, 1.165) is 71.8 Å². The predicted octanol–water partition coefficient (Wildman–Crippen LogP) is 5.17. The van der Waals surface area contributed by atoms with Crippen molar-refractivity contribution in [3.8, 4) is 5.69 Å². The first kappa shape index (κ1) is 19.0. The Hall–Kier alpha value is -2.73. The summed E-state index contributed by atoms with van der Waals surface area (Å²) in [6.45, 7) is 3.85. The Bertz CT molecular complexity index is 1350. The van der Waals surface area contributed by atoms with Crippen molar-refractivity contribution in [2.75, 3.05) is 18.0 Å². The Kier molecular flexibility index (Phi) is 4.56. The van der Waals surface area contributed by atoms with Crippen LogP contribution in [-0.4, -0.2) is 27.6 Å². The number of para-hydroxylation sites is 1. The molecule has 4 heterocycles. The van der Waals surface area contributed by atoms with Crippen molar-refractivity contribution >= 4 is 38.4 Å². The largest absolute Gasteiger partial charge is 0.342 e. The number of fused-ring (bicyclic) bond motifs is 5. The average Bonchev–Trinajstić information content (AvgIpc) is 3.18. The molecule has 0 amide bonds. The summed E-state index contributed by atoms with van der Waals surface area (Å²) in [5.41, 5.74) is 3.90. The van der Waals surface area contributed by atoms with Gasteiger partial charge in [-0.1, -0.05) is 18.2 Å². The van der Waals surface area contributed by atoms with Crippen LogP contribution < -0.4 is 10.5 Å². The van der Waals surface area contributed by atoms with Crippen LogP contribution in [0.15, 0.2) is 35.1 Å². The zero-order valence-corrected chi connectivity index (χ0v) is 18.7. The fraction of sp³-hybridized carbons (Fsp3) is 0.400. The molecular weight excluding hydrogens is 404 g/mol. The van der Waals surface area contributed by atoms with E-state index in [2.05, 4.69) is 4.90 Å². The molecule has 0 unspecified atom stereocenters. The van der Waals surface area contributed by atoms with Gasteiger partial charge in [0.15, 0.2) is 0 Å². The fourth-order valence-electron chi connectivity index (χ4n) is 5.22. The summed E-state index contributed by atoms with van der Waals surface area (Å²) in [5.74, 6) is 0.783. The van der Waals surface area contributed by atoms with Crippen LogP contribution >= 0.6 is 11.3 Å². The number of hydrogen-bond acceptors (Lipinski definition) is 5. The van der Waals surface area contributed by atoms with E-state index in [4.69, 9.17) is 9.97 Å². The lowest BCUT2D eigenvalue weighted by Crippen LogP contribution is -2.36. The highest BCUT2D eigenvalue weighted by Crippen LogP contribution is 2.39. The highest BCUT2D eigenvalue weighted by Gasteiger charge is 2.26. The molecule has 3 aromatic heterocycles. The molecule has 0 N–H and O–H groups in total. The topological polar surface area (TPSA) is 51.0 Å². The Labute approximate surface area is 185 Å². The molecule has 1 aromatic carbocycles. The van der Waals surface area contributed by atoms with Crippen LogP contribution in [0, 0.1) is 6.92 Å². The molecule has 2 aliphatic rings. The van der Waals surface area contributed by atoms with Crippen LogP contribution in [0.2, 0.25) is 0 Å². The standard InChI is InChI=1S/C25H26N4OS/c1-16-20-22(21-18-12-6-7-13-19(18)31-23(21)26-16)27-25(28-14-8-3-9-15-28)29(24(20)30)17-10-4-2-5-11-17/h2,4-5,10-11H,3,6-9,12-15H2,1H3. The van der Waals surface area contributed by atoms with Crippen molar-refractivity contribution in [1.29, 1.82) is 0 Å². The zero-order valence-electron chi connectivity index (χ0n) is 17.9. The molecule has 6 rings (SSSR count). The third kappa shape index (κ3) is 2.99. The summed E-state index contributed by atoms with van der Waals surface area (Å²) < 4.78 is 1.81. The van der Waals surface area contributed by atoms with Gasteiger partial charge in [0.05, 0.1) is 22.3 Å². The number of nitrogens with zero attached hydrogens (tertiary/aromatic N) is 4. The van der Waals surface area contributed by atoms with E-state index in [1.165, 1.54) is 29.7 Å². The molecule has 1 aliphatic carbocycles.